The first kappa shape index (κ1) is 9.21. The molecule has 0 unspecified atom stereocenters. The quantitative estimate of drug-likeness (QED) is 0.688. The average molecular weight is 195 g/mol. The van der Waals surface area contributed by atoms with Crippen LogP contribution in [0.4, 0.5) is 0 Å². The van der Waals surface area contributed by atoms with E-state index in [4.69, 9.17) is 5.73 Å². The minimum atomic E-state index is -0.803. The summed E-state index contributed by atoms with van der Waals surface area (Å²) in [6.07, 6.45) is 4.23. The number of aromatic nitrogens is 2. The molecule has 76 valence electrons. The molecule has 2 rings (SSSR count). The summed E-state index contributed by atoms with van der Waals surface area (Å²) in [5.41, 5.74) is 5.60. The number of carboxylic acids is 1. The minimum absolute atomic E-state index is 0.000926. The predicted molar refractivity (Wildman–Crippen MR) is 49.7 cm³/mol. The predicted octanol–water partition coefficient (Wildman–Crippen LogP) is -0.136. The van der Waals surface area contributed by atoms with Gasteiger partial charge in [0, 0.05) is 19.3 Å². The number of carbonyl (C=O) groups is 1. The molecular weight excluding hydrogens is 182 g/mol. The van der Waals surface area contributed by atoms with Gasteiger partial charge in [0.25, 0.3) is 0 Å². The molecule has 1 aromatic heterocycles. The van der Waals surface area contributed by atoms with E-state index in [0.717, 1.165) is 5.69 Å². The highest BCUT2D eigenvalue weighted by Crippen LogP contribution is 2.42. The molecule has 0 aliphatic heterocycles. The van der Waals surface area contributed by atoms with Crippen LogP contribution in [0.15, 0.2) is 12.5 Å². The largest absolute Gasteiger partial charge is 0.481 e. The van der Waals surface area contributed by atoms with Crippen LogP contribution in [0.3, 0.4) is 0 Å². The smallest absolute Gasteiger partial charge is 0.315 e. The lowest BCUT2D eigenvalue weighted by molar-refractivity contribution is -0.148. The molecule has 1 fully saturated rings. The van der Waals surface area contributed by atoms with Gasteiger partial charge in [-0.3, -0.25) is 4.79 Å². The van der Waals surface area contributed by atoms with E-state index in [1.54, 1.807) is 24.1 Å². The number of aryl methyl sites for hydroxylation is 1. The highest BCUT2D eigenvalue weighted by Gasteiger charge is 2.52. The molecule has 1 heterocycles. The fraction of sp³-hybridized carbons (Fsp3) is 0.556. The number of hydrogen-bond acceptors (Lipinski definition) is 3. The second-order valence-electron chi connectivity index (χ2n) is 3.95. The molecule has 0 saturated heterocycles. The maximum atomic E-state index is 11.2. The van der Waals surface area contributed by atoms with Gasteiger partial charge in [0.15, 0.2) is 0 Å². The van der Waals surface area contributed by atoms with Gasteiger partial charge in [-0.25, -0.2) is 4.98 Å². The van der Waals surface area contributed by atoms with E-state index < -0.39 is 11.4 Å². The van der Waals surface area contributed by atoms with Crippen molar-refractivity contribution in [3.63, 3.8) is 0 Å². The van der Waals surface area contributed by atoms with E-state index in [2.05, 4.69) is 4.98 Å². The molecule has 5 nitrogen and oxygen atoms in total. The Morgan fingerprint density at radius 3 is 2.79 bits per heavy atom. The second kappa shape index (κ2) is 2.81. The summed E-state index contributed by atoms with van der Waals surface area (Å²) in [6.45, 7) is 0. The van der Waals surface area contributed by atoms with E-state index in [-0.39, 0.29) is 6.04 Å². The minimum Gasteiger partial charge on any atom is -0.481 e. The third-order valence-electron chi connectivity index (χ3n) is 2.94. The lowest BCUT2D eigenvalue weighted by Crippen LogP contribution is -2.54. The number of nitrogens with two attached hydrogens (primary N) is 1. The first-order valence-corrected chi connectivity index (χ1v) is 4.52. The summed E-state index contributed by atoms with van der Waals surface area (Å²) in [5, 5.41) is 9.20. The third-order valence-corrected chi connectivity index (χ3v) is 2.94. The van der Waals surface area contributed by atoms with Crippen LogP contribution in [0.2, 0.25) is 0 Å². The number of rotatable bonds is 2. The van der Waals surface area contributed by atoms with E-state index in [1.807, 2.05) is 0 Å². The molecule has 1 saturated carbocycles. The molecule has 0 bridgehead atoms. The van der Waals surface area contributed by atoms with Gasteiger partial charge in [-0.05, 0) is 12.8 Å². The molecule has 1 aliphatic carbocycles. The van der Waals surface area contributed by atoms with Gasteiger partial charge in [0.05, 0.1) is 12.0 Å². The SMILES string of the molecule is Cn1cncc1C1(C(=O)O)CC(N)C1. The molecule has 0 atom stereocenters. The number of imidazole rings is 1. The molecule has 3 N–H and O–H groups in total. The Kier molecular flexibility index (Phi) is 1.85. The summed E-state index contributed by atoms with van der Waals surface area (Å²) in [7, 11) is 1.80. The zero-order valence-electron chi connectivity index (χ0n) is 7.97. The van der Waals surface area contributed by atoms with Crippen molar-refractivity contribution in [1.82, 2.24) is 9.55 Å². The van der Waals surface area contributed by atoms with Crippen LogP contribution < -0.4 is 5.73 Å². The molecule has 0 amide bonds. The average Bonchev–Trinajstić information content (AvgIpc) is 2.45. The Hall–Kier alpha value is -1.36. The third kappa shape index (κ3) is 1.05. The van der Waals surface area contributed by atoms with Gasteiger partial charge in [0.2, 0.25) is 0 Å². The maximum absolute atomic E-state index is 11.2. The zero-order chi connectivity index (χ0) is 10.3. The number of hydrogen-bond donors (Lipinski definition) is 2. The first-order chi connectivity index (χ1) is 6.56. The summed E-state index contributed by atoms with van der Waals surface area (Å²) in [4.78, 5) is 15.1. The Labute approximate surface area is 81.5 Å². The summed E-state index contributed by atoms with van der Waals surface area (Å²) in [5.74, 6) is -0.803. The monoisotopic (exact) mass is 195 g/mol. The van der Waals surface area contributed by atoms with E-state index in [9.17, 15) is 9.90 Å². The molecule has 5 heteroatoms. The van der Waals surface area contributed by atoms with Gasteiger partial charge in [0.1, 0.15) is 5.41 Å². The maximum Gasteiger partial charge on any atom is 0.315 e. The normalized spacial score (nSPS) is 31.1. The summed E-state index contributed by atoms with van der Waals surface area (Å²) < 4.78 is 1.75. The van der Waals surface area contributed by atoms with Crippen molar-refractivity contribution in [2.45, 2.75) is 24.3 Å². The van der Waals surface area contributed by atoms with Crippen molar-refractivity contribution in [3.05, 3.63) is 18.2 Å². The van der Waals surface area contributed by atoms with Crippen LogP contribution in [0, 0.1) is 0 Å². The Morgan fingerprint density at radius 1 is 1.79 bits per heavy atom. The van der Waals surface area contributed by atoms with Crippen LogP contribution in [0.25, 0.3) is 0 Å². The zero-order valence-corrected chi connectivity index (χ0v) is 7.97. The Bertz CT molecular complexity index is 366. The molecule has 1 aromatic rings. The van der Waals surface area contributed by atoms with Crippen molar-refractivity contribution >= 4 is 5.97 Å². The van der Waals surface area contributed by atoms with Crippen LogP contribution >= 0.6 is 0 Å². The molecule has 0 spiro atoms. The van der Waals surface area contributed by atoms with Crippen molar-refractivity contribution in [2.75, 3.05) is 0 Å². The van der Waals surface area contributed by atoms with Crippen molar-refractivity contribution in [1.29, 1.82) is 0 Å². The fourth-order valence-electron chi connectivity index (χ4n) is 2.15. The summed E-state index contributed by atoms with van der Waals surface area (Å²) in [6, 6.07) is 0.000926. The molecule has 14 heavy (non-hydrogen) atoms. The van der Waals surface area contributed by atoms with Crippen LogP contribution in [-0.2, 0) is 17.3 Å². The van der Waals surface area contributed by atoms with Gasteiger partial charge in [-0.1, -0.05) is 0 Å². The van der Waals surface area contributed by atoms with Crippen molar-refractivity contribution < 1.29 is 9.90 Å². The van der Waals surface area contributed by atoms with Crippen molar-refractivity contribution in [2.24, 2.45) is 12.8 Å². The van der Waals surface area contributed by atoms with Gasteiger partial charge in [-0.2, -0.15) is 0 Å². The lowest BCUT2D eigenvalue weighted by Gasteiger charge is -2.42. The second-order valence-corrected chi connectivity index (χ2v) is 3.95. The first-order valence-electron chi connectivity index (χ1n) is 4.52. The number of carboxylic acid groups (broad SMARTS) is 1. The van der Waals surface area contributed by atoms with Gasteiger partial charge >= 0.3 is 5.97 Å². The highest BCUT2D eigenvalue weighted by atomic mass is 16.4. The Morgan fingerprint density at radius 2 is 2.43 bits per heavy atom. The standard InChI is InChI=1S/C9H13N3O2/c1-12-5-11-4-7(12)9(8(13)14)2-6(10)3-9/h4-6H,2-3,10H2,1H3,(H,13,14). The molecular formula is C9H13N3O2. The topological polar surface area (TPSA) is 81.1 Å². The van der Waals surface area contributed by atoms with Gasteiger partial charge in [-0.15, -0.1) is 0 Å². The molecule has 0 radical (unpaired) electrons. The molecule has 0 aromatic carbocycles. The fourth-order valence-corrected chi connectivity index (χ4v) is 2.15. The van der Waals surface area contributed by atoms with E-state index >= 15 is 0 Å². The van der Waals surface area contributed by atoms with Crippen LogP contribution in [0.5, 0.6) is 0 Å². The summed E-state index contributed by atoms with van der Waals surface area (Å²) >= 11 is 0. The van der Waals surface area contributed by atoms with Crippen LogP contribution in [0.1, 0.15) is 18.5 Å². The molecule has 1 aliphatic rings. The number of nitrogens with zero attached hydrogens (tertiary/aromatic N) is 2. The van der Waals surface area contributed by atoms with Gasteiger partial charge < -0.3 is 15.4 Å². The Balaban J connectivity index is 2.39. The lowest BCUT2D eigenvalue weighted by atomic mass is 9.64. The highest BCUT2D eigenvalue weighted by molar-refractivity contribution is 5.82. The van der Waals surface area contributed by atoms with E-state index in [1.165, 1.54) is 0 Å². The van der Waals surface area contributed by atoms with E-state index in [0.29, 0.717) is 12.8 Å². The van der Waals surface area contributed by atoms with Crippen molar-refractivity contribution in [3.8, 4) is 0 Å². The number of aliphatic carboxylic acids is 1. The van der Waals surface area contributed by atoms with Crippen LogP contribution in [-0.4, -0.2) is 26.7 Å².